The summed E-state index contributed by atoms with van der Waals surface area (Å²) in [5.74, 6) is 1.80. The predicted octanol–water partition coefficient (Wildman–Crippen LogP) is 3.56. The number of methoxy groups -OCH3 is 1. The number of aromatic nitrogens is 2. The molecule has 0 atom stereocenters. The minimum absolute atomic E-state index is 0.318. The molecule has 7 heteroatoms. The largest absolute Gasteiger partial charge is 0.497 e. The SMILES string of the molecule is COc1ccc(CN(C)Cn2nc(-c3ccco3)oc2=S)cc1. The van der Waals surface area contributed by atoms with E-state index < -0.39 is 0 Å². The molecule has 23 heavy (non-hydrogen) atoms. The predicted molar refractivity (Wildman–Crippen MR) is 87.5 cm³/mol. The fraction of sp³-hybridized carbons (Fsp3) is 0.250. The van der Waals surface area contributed by atoms with Gasteiger partial charge in [-0.15, -0.1) is 5.10 Å². The van der Waals surface area contributed by atoms with Crippen molar-refractivity contribution in [3.8, 4) is 17.4 Å². The molecule has 2 aromatic heterocycles. The van der Waals surface area contributed by atoms with Crippen LogP contribution in [-0.2, 0) is 13.2 Å². The first-order chi connectivity index (χ1) is 11.2. The highest BCUT2D eigenvalue weighted by Gasteiger charge is 2.12. The zero-order valence-electron chi connectivity index (χ0n) is 12.9. The first-order valence-corrected chi connectivity index (χ1v) is 7.50. The zero-order valence-corrected chi connectivity index (χ0v) is 13.7. The Bertz CT molecular complexity index is 806. The lowest BCUT2D eigenvalue weighted by Crippen LogP contribution is -2.22. The van der Waals surface area contributed by atoms with Gasteiger partial charge in [0.2, 0.25) is 0 Å². The molecule has 6 nitrogen and oxygen atoms in total. The Morgan fingerprint density at radius 1 is 1.26 bits per heavy atom. The minimum atomic E-state index is 0.318. The summed E-state index contributed by atoms with van der Waals surface area (Å²) in [5, 5.41) is 4.35. The number of furan rings is 1. The molecule has 3 rings (SSSR count). The summed E-state index contributed by atoms with van der Waals surface area (Å²) >= 11 is 5.21. The van der Waals surface area contributed by atoms with Crippen molar-refractivity contribution < 1.29 is 13.6 Å². The average molecular weight is 331 g/mol. The normalized spacial score (nSPS) is 11.1. The van der Waals surface area contributed by atoms with E-state index in [1.807, 2.05) is 31.3 Å². The van der Waals surface area contributed by atoms with Gasteiger partial charge >= 0.3 is 0 Å². The van der Waals surface area contributed by atoms with Gasteiger partial charge in [-0.05, 0) is 49.1 Å². The monoisotopic (exact) mass is 331 g/mol. The molecule has 0 saturated carbocycles. The van der Waals surface area contributed by atoms with Crippen LogP contribution in [0.1, 0.15) is 5.56 Å². The lowest BCUT2D eigenvalue weighted by Gasteiger charge is -2.16. The molecule has 3 aromatic rings. The maximum absolute atomic E-state index is 5.47. The van der Waals surface area contributed by atoms with Crippen LogP contribution in [0.4, 0.5) is 0 Å². The molecule has 0 radical (unpaired) electrons. The molecule has 1 aromatic carbocycles. The summed E-state index contributed by atoms with van der Waals surface area (Å²) in [6.45, 7) is 1.28. The van der Waals surface area contributed by atoms with E-state index in [1.54, 1.807) is 30.2 Å². The van der Waals surface area contributed by atoms with Gasteiger partial charge in [0, 0.05) is 6.54 Å². The standard InChI is InChI=1S/C16H17N3O3S/c1-18(10-12-5-7-13(20-2)8-6-12)11-19-16(23)22-15(17-19)14-4-3-9-21-14/h3-9H,10-11H2,1-2H3. The van der Waals surface area contributed by atoms with Gasteiger partial charge in [0.1, 0.15) is 5.75 Å². The van der Waals surface area contributed by atoms with Crippen molar-refractivity contribution in [3.05, 3.63) is 53.1 Å². The van der Waals surface area contributed by atoms with E-state index in [9.17, 15) is 0 Å². The van der Waals surface area contributed by atoms with Crippen LogP contribution in [0.5, 0.6) is 5.75 Å². The number of rotatable bonds is 6. The zero-order chi connectivity index (χ0) is 16.2. The van der Waals surface area contributed by atoms with Crippen LogP contribution in [-0.4, -0.2) is 28.8 Å². The maximum atomic E-state index is 5.47. The molecule has 0 fully saturated rings. The smallest absolute Gasteiger partial charge is 0.288 e. The van der Waals surface area contributed by atoms with Gasteiger partial charge < -0.3 is 13.6 Å². The summed E-state index contributed by atoms with van der Waals surface area (Å²) in [6.07, 6.45) is 1.57. The molecular weight excluding hydrogens is 314 g/mol. The molecule has 0 bridgehead atoms. The number of hydrogen-bond acceptors (Lipinski definition) is 6. The fourth-order valence-corrected chi connectivity index (χ4v) is 2.39. The number of hydrogen-bond donors (Lipinski definition) is 0. The third-order valence-corrected chi connectivity index (χ3v) is 3.62. The Morgan fingerprint density at radius 3 is 2.70 bits per heavy atom. The molecule has 0 spiro atoms. The summed E-state index contributed by atoms with van der Waals surface area (Å²) in [6, 6.07) is 11.5. The van der Waals surface area contributed by atoms with Crippen LogP contribution in [0.3, 0.4) is 0 Å². The van der Waals surface area contributed by atoms with Crippen LogP contribution in [0.25, 0.3) is 11.7 Å². The van der Waals surface area contributed by atoms with Crippen molar-refractivity contribution in [2.24, 2.45) is 0 Å². The van der Waals surface area contributed by atoms with Crippen molar-refractivity contribution in [1.29, 1.82) is 0 Å². The molecule has 0 N–H and O–H groups in total. The van der Waals surface area contributed by atoms with Crippen molar-refractivity contribution >= 4 is 12.2 Å². The maximum Gasteiger partial charge on any atom is 0.288 e. The molecule has 0 amide bonds. The van der Waals surface area contributed by atoms with Gasteiger partial charge in [0.05, 0.1) is 20.0 Å². The van der Waals surface area contributed by atoms with E-state index in [0.29, 0.717) is 23.2 Å². The number of benzene rings is 1. The Balaban J connectivity index is 1.67. The summed E-state index contributed by atoms with van der Waals surface area (Å²) in [5.41, 5.74) is 1.18. The Labute approximate surface area is 138 Å². The Kier molecular flexibility index (Phi) is 4.59. The van der Waals surface area contributed by atoms with E-state index in [4.69, 9.17) is 25.8 Å². The van der Waals surface area contributed by atoms with Crippen LogP contribution in [0, 0.1) is 4.84 Å². The van der Waals surface area contributed by atoms with Crippen LogP contribution in [0.2, 0.25) is 0 Å². The third-order valence-electron chi connectivity index (χ3n) is 3.33. The first kappa shape index (κ1) is 15.5. The molecule has 0 aliphatic carbocycles. The first-order valence-electron chi connectivity index (χ1n) is 7.09. The highest BCUT2D eigenvalue weighted by molar-refractivity contribution is 7.71. The third kappa shape index (κ3) is 3.69. The minimum Gasteiger partial charge on any atom is -0.497 e. The highest BCUT2D eigenvalue weighted by atomic mass is 32.1. The van der Waals surface area contributed by atoms with E-state index in [1.165, 1.54) is 5.56 Å². The quantitative estimate of drug-likeness (QED) is 0.644. The average Bonchev–Trinajstić information content (AvgIpc) is 3.18. The number of ether oxygens (including phenoxy) is 1. The lowest BCUT2D eigenvalue weighted by atomic mass is 10.2. The molecule has 0 aliphatic rings. The molecule has 120 valence electrons. The molecule has 0 saturated heterocycles. The second kappa shape index (κ2) is 6.80. The fourth-order valence-electron chi connectivity index (χ4n) is 2.22. The second-order valence-electron chi connectivity index (χ2n) is 5.15. The van der Waals surface area contributed by atoms with E-state index >= 15 is 0 Å². The summed E-state index contributed by atoms with van der Waals surface area (Å²) < 4.78 is 17.5. The topological polar surface area (TPSA) is 56.6 Å². The van der Waals surface area contributed by atoms with Crippen LogP contribution >= 0.6 is 12.2 Å². The highest BCUT2D eigenvalue weighted by Crippen LogP contribution is 2.18. The van der Waals surface area contributed by atoms with Gasteiger partial charge in [-0.3, -0.25) is 4.90 Å². The van der Waals surface area contributed by atoms with Gasteiger partial charge in [0.25, 0.3) is 10.7 Å². The molecular formula is C16H17N3O3S. The van der Waals surface area contributed by atoms with Crippen molar-refractivity contribution in [2.75, 3.05) is 14.2 Å². The van der Waals surface area contributed by atoms with Gasteiger partial charge in [-0.1, -0.05) is 12.1 Å². The van der Waals surface area contributed by atoms with Crippen molar-refractivity contribution in [3.63, 3.8) is 0 Å². The van der Waals surface area contributed by atoms with Crippen molar-refractivity contribution in [1.82, 2.24) is 14.7 Å². The molecule has 0 aliphatic heterocycles. The van der Waals surface area contributed by atoms with Gasteiger partial charge in [0.15, 0.2) is 5.76 Å². The van der Waals surface area contributed by atoms with Gasteiger partial charge in [-0.25, -0.2) is 4.68 Å². The van der Waals surface area contributed by atoms with Crippen LogP contribution < -0.4 is 4.74 Å². The Hall–Kier alpha value is -2.38. The van der Waals surface area contributed by atoms with E-state index in [2.05, 4.69) is 10.00 Å². The Morgan fingerprint density at radius 2 is 2.04 bits per heavy atom. The van der Waals surface area contributed by atoms with Gasteiger partial charge in [-0.2, -0.15) is 0 Å². The van der Waals surface area contributed by atoms with E-state index in [0.717, 1.165) is 12.3 Å². The molecule has 2 heterocycles. The summed E-state index contributed by atoms with van der Waals surface area (Å²) in [4.78, 5) is 2.41. The molecule has 0 unspecified atom stereocenters. The van der Waals surface area contributed by atoms with E-state index in [-0.39, 0.29) is 0 Å². The second-order valence-corrected chi connectivity index (χ2v) is 5.50. The van der Waals surface area contributed by atoms with Crippen LogP contribution in [0.15, 0.2) is 51.5 Å². The summed E-state index contributed by atoms with van der Waals surface area (Å²) in [7, 11) is 3.65. The number of nitrogens with zero attached hydrogens (tertiary/aromatic N) is 3. The lowest BCUT2D eigenvalue weighted by molar-refractivity contribution is 0.240. The van der Waals surface area contributed by atoms with Crippen molar-refractivity contribution in [2.45, 2.75) is 13.2 Å².